The van der Waals surface area contributed by atoms with Gasteiger partial charge in [-0.05, 0) is 12.1 Å². The number of carbonyl (C=O) groups is 3. The van der Waals surface area contributed by atoms with Crippen molar-refractivity contribution in [3.63, 3.8) is 0 Å². The Morgan fingerprint density at radius 3 is 2.44 bits per heavy atom. The van der Waals surface area contributed by atoms with Crippen molar-refractivity contribution in [2.45, 2.75) is 17.0 Å². The number of amides is 2. The molecule has 1 aliphatic rings. The standard InChI is InChI=1S/C17H18N4O5S/c1-25-8-7-20-10-18-19-17(20)27-13(16(24)26-2)9-21-14(22)11-5-3-4-6-12(11)15(21)23/h3-6,10,13H,7-9H2,1-2H3. The van der Waals surface area contributed by atoms with Crippen LogP contribution in [0.15, 0.2) is 35.7 Å². The van der Waals surface area contributed by atoms with Gasteiger partial charge in [-0.25, -0.2) is 0 Å². The van der Waals surface area contributed by atoms with E-state index in [9.17, 15) is 14.4 Å². The maximum absolute atomic E-state index is 12.6. The highest BCUT2D eigenvalue weighted by Gasteiger charge is 2.38. The lowest BCUT2D eigenvalue weighted by molar-refractivity contribution is -0.140. The number of hydrogen-bond acceptors (Lipinski definition) is 8. The fourth-order valence-corrected chi connectivity index (χ4v) is 3.71. The molecule has 1 aromatic carbocycles. The van der Waals surface area contributed by atoms with E-state index >= 15 is 0 Å². The molecule has 0 N–H and O–H groups in total. The summed E-state index contributed by atoms with van der Waals surface area (Å²) in [4.78, 5) is 38.4. The molecular formula is C17H18N4O5S. The van der Waals surface area contributed by atoms with Crippen molar-refractivity contribution in [1.29, 1.82) is 0 Å². The van der Waals surface area contributed by atoms with Crippen LogP contribution in [0.3, 0.4) is 0 Å². The number of rotatable bonds is 8. The Morgan fingerprint density at radius 2 is 1.85 bits per heavy atom. The average molecular weight is 390 g/mol. The zero-order chi connectivity index (χ0) is 19.4. The molecule has 1 unspecified atom stereocenters. The summed E-state index contributed by atoms with van der Waals surface area (Å²) in [6, 6.07) is 6.57. The second-order valence-corrected chi connectivity index (χ2v) is 6.87. The molecule has 0 aliphatic carbocycles. The lowest BCUT2D eigenvalue weighted by Crippen LogP contribution is -2.39. The van der Waals surface area contributed by atoms with E-state index in [0.717, 1.165) is 16.7 Å². The van der Waals surface area contributed by atoms with Gasteiger partial charge >= 0.3 is 5.97 Å². The Morgan fingerprint density at radius 1 is 1.19 bits per heavy atom. The molecular weight excluding hydrogens is 372 g/mol. The lowest BCUT2D eigenvalue weighted by Gasteiger charge is -2.20. The molecule has 1 atom stereocenters. The zero-order valence-electron chi connectivity index (χ0n) is 14.8. The maximum atomic E-state index is 12.6. The van der Waals surface area contributed by atoms with Gasteiger partial charge in [0, 0.05) is 13.7 Å². The smallest absolute Gasteiger partial charge is 0.321 e. The van der Waals surface area contributed by atoms with Gasteiger partial charge in [0.15, 0.2) is 5.16 Å². The largest absolute Gasteiger partial charge is 0.468 e. The molecule has 142 valence electrons. The monoisotopic (exact) mass is 390 g/mol. The summed E-state index contributed by atoms with van der Waals surface area (Å²) < 4.78 is 11.6. The van der Waals surface area contributed by atoms with Gasteiger partial charge in [0.1, 0.15) is 11.6 Å². The first kappa shape index (κ1) is 19.1. The Balaban J connectivity index is 1.79. The van der Waals surface area contributed by atoms with Crippen molar-refractivity contribution in [3.8, 4) is 0 Å². The number of ether oxygens (including phenoxy) is 2. The zero-order valence-corrected chi connectivity index (χ0v) is 15.6. The van der Waals surface area contributed by atoms with Crippen molar-refractivity contribution in [2.24, 2.45) is 0 Å². The highest BCUT2D eigenvalue weighted by atomic mass is 32.2. The molecule has 2 heterocycles. The number of fused-ring (bicyclic) bond motifs is 1. The van der Waals surface area contributed by atoms with Crippen LogP contribution in [-0.4, -0.2) is 70.1 Å². The topological polar surface area (TPSA) is 104 Å². The summed E-state index contributed by atoms with van der Waals surface area (Å²) in [5, 5.41) is 7.49. The number of carbonyl (C=O) groups excluding carboxylic acids is 3. The number of thioether (sulfide) groups is 1. The molecule has 1 aliphatic heterocycles. The normalized spacial score (nSPS) is 14.4. The third kappa shape index (κ3) is 3.86. The van der Waals surface area contributed by atoms with E-state index in [0.29, 0.717) is 29.4 Å². The predicted molar refractivity (Wildman–Crippen MR) is 95.4 cm³/mol. The van der Waals surface area contributed by atoms with Crippen molar-refractivity contribution in [3.05, 3.63) is 41.7 Å². The molecule has 0 spiro atoms. The molecule has 2 aromatic rings. The average Bonchev–Trinajstić information content (AvgIpc) is 3.23. The van der Waals surface area contributed by atoms with E-state index in [1.54, 1.807) is 35.9 Å². The van der Waals surface area contributed by atoms with E-state index < -0.39 is 23.0 Å². The fraction of sp³-hybridized carbons (Fsp3) is 0.353. The molecule has 1 aromatic heterocycles. The number of esters is 1. The second-order valence-electron chi connectivity index (χ2n) is 5.70. The molecule has 9 nitrogen and oxygen atoms in total. The van der Waals surface area contributed by atoms with Crippen molar-refractivity contribution in [2.75, 3.05) is 27.4 Å². The molecule has 3 rings (SSSR count). The van der Waals surface area contributed by atoms with Crippen LogP contribution in [-0.2, 0) is 20.8 Å². The minimum Gasteiger partial charge on any atom is -0.468 e. The van der Waals surface area contributed by atoms with Crippen LogP contribution in [0.5, 0.6) is 0 Å². The van der Waals surface area contributed by atoms with Gasteiger partial charge in [0.25, 0.3) is 11.8 Å². The van der Waals surface area contributed by atoms with Crippen LogP contribution in [0, 0.1) is 0 Å². The van der Waals surface area contributed by atoms with Gasteiger partial charge < -0.3 is 14.0 Å². The predicted octanol–water partition coefficient (Wildman–Crippen LogP) is 0.854. The molecule has 2 amide bonds. The van der Waals surface area contributed by atoms with Gasteiger partial charge in [-0.3, -0.25) is 19.3 Å². The first-order chi connectivity index (χ1) is 13.1. The van der Waals surface area contributed by atoms with Crippen LogP contribution >= 0.6 is 11.8 Å². The molecule has 0 fully saturated rings. The van der Waals surface area contributed by atoms with Gasteiger partial charge in [0.05, 0.1) is 31.4 Å². The van der Waals surface area contributed by atoms with Crippen LogP contribution in [0.25, 0.3) is 0 Å². The number of nitrogens with zero attached hydrogens (tertiary/aromatic N) is 4. The Kier molecular flexibility index (Phi) is 5.87. The first-order valence-electron chi connectivity index (χ1n) is 8.13. The number of imide groups is 1. The second kappa shape index (κ2) is 8.31. The molecule has 27 heavy (non-hydrogen) atoms. The molecule has 0 saturated carbocycles. The summed E-state index contributed by atoms with van der Waals surface area (Å²) in [6.45, 7) is 0.834. The number of methoxy groups -OCH3 is 2. The highest BCUT2D eigenvalue weighted by molar-refractivity contribution is 8.00. The summed E-state index contributed by atoms with van der Waals surface area (Å²) >= 11 is 1.09. The van der Waals surface area contributed by atoms with E-state index in [4.69, 9.17) is 9.47 Å². The van der Waals surface area contributed by atoms with Crippen molar-refractivity contribution in [1.82, 2.24) is 19.7 Å². The van der Waals surface area contributed by atoms with Crippen LogP contribution in [0.1, 0.15) is 20.7 Å². The summed E-state index contributed by atoms with van der Waals surface area (Å²) in [6.07, 6.45) is 1.53. The Bertz CT molecular complexity index is 834. The lowest BCUT2D eigenvalue weighted by atomic mass is 10.1. The minimum atomic E-state index is -0.831. The maximum Gasteiger partial charge on any atom is 0.321 e. The third-order valence-corrected chi connectivity index (χ3v) is 5.21. The molecule has 10 heteroatoms. The van der Waals surface area contributed by atoms with Crippen LogP contribution < -0.4 is 0 Å². The van der Waals surface area contributed by atoms with Crippen LogP contribution in [0.2, 0.25) is 0 Å². The van der Waals surface area contributed by atoms with Crippen LogP contribution in [0.4, 0.5) is 0 Å². The SMILES string of the molecule is COCCn1cnnc1SC(CN1C(=O)c2ccccc2C1=O)C(=O)OC. The molecule has 0 saturated heterocycles. The summed E-state index contributed by atoms with van der Waals surface area (Å²) in [5.41, 5.74) is 0.666. The van der Waals surface area contributed by atoms with Crippen molar-refractivity contribution < 1.29 is 23.9 Å². The van der Waals surface area contributed by atoms with E-state index in [1.807, 2.05) is 0 Å². The molecule has 0 radical (unpaired) electrons. The first-order valence-corrected chi connectivity index (χ1v) is 9.01. The number of hydrogen-bond donors (Lipinski definition) is 0. The van der Waals surface area contributed by atoms with Crippen molar-refractivity contribution >= 4 is 29.5 Å². The van der Waals surface area contributed by atoms with Gasteiger partial charge in [-0.1, -0.05) is 23.9 Å². The third-order valence-electron chi connectivity index (χ3n) is 4.05. The van der Waals surface area contributed by atoms with E-state index in [-0.39, 0.29) is 6.54 Å². The Hall–Kier alpha value is -2.72. The number of benzene rings is 1. The quantitative estimate of drug-likeness (QED) is 0.371. The minimum absolute atomic E-state index is 0.124. The highest BCUT2D eigenvalue weighted by Crippen LogP contribution is 2.28. The number of aromatic nitrogens is 3. The molecule has 0 bridgehead atoms. The fourth-order valence-electron chi connectivity index (χ4n) is 2.67. The summed E-state index contributed by atoms with van der Waals surface area (Å²) in [5.74, 6) is -1.41. The van der Waals surface area contributed by atoms with E-state index in [1.165, 1.54) is 13.4 Å². The van der Waals surface area contributed by atoms with E-state index in [2.05, 4.69) is 10.2 Å². The van der Waals surface area contributed by atoms with Gasteiger partial charge in [-0.15, -0.1) is 10.2 Å². The Labute approximate surface area is 159 Å². The summed E-state index contributed by atoms with van der Waals surface area (Å²) in [7, 11) is 2.84. The van der Waals surface area contributed by atoms with Gasteiger partial charge in [0.2, 0.25) is 0 Å². The van der Waals surface area contributed by atoms with Gasteiger partial charge in [-0.2, -0.15) is 0 Å².